The molecule has 7 heteroatoms. The van der Waals surface area contributed by atoms with Crippen molar-refractivity contribution in [1.29, 1.82) is 0 Å². The summed E-state index contributed by atoms with van der Waals surface area (Å²) in [6.45, 7) is 4.01. The average Bonchev–Trinajstić information content (AvgIpc) is 3.04. The third kappa shape index (κ3) is 3.59. The Hall–Kier alpha value is -2.54. The minimum absolute atomic E-state index is 0.152. The van der Waals surface area contributed by atoms with Crippen molar-refractivity contribution in [1.82, 2.24) is 14.7 Å². The zero-order chi connectivity index (χ0) is 20.6. The topological polar surface area (TPSA) is 65.8 Å². The van der Waals surface area contributed by atoms with E-state index in [1.54, 1.807) is 18.9 Å². The molecule has 0 radical (unpaired) electrons. The van der Waals surface area contributed by atoms with Crippen LogP contribution in [-0.2, 0) is 35.0 Å². The van der Waals surface area contributed by atoms with Crippen molar-refractivity contribution < 1.29 is 19.0 Å². The van der Waals surface area contributed by atoms with E-state index in [0.717, 1.165) is 42.0 Å². The molecule has 1 aromatic heterocycles. The van der Waals surface area contributed by atoms with Gasteiger partial charge in [0.25, 0.3) is 0 Å². The molecule has 1 fully saturated rings. The van der Waals surface area contributed by atoms with Crippen LogP contribution in [-0.4, -0.2) is 54.5 Å². The van der Waals surface area contributed by atoms with E-state index in [4.69, 9.17) is 14.2 Å². The lowest BCUT2D eigenvalue weighted by Gasteiger charge is -2.45. The molecule has 2 aliphatic heterocycles. The number of ether oxygens (including phenoxy) is 3. The monoisotopic (exact) mass is 399 g/mol. The molecule has 1 saturated heterocycles. The molecule has 1 spiro atoms. The van der Waals surface area contributed by atoms with Crippen LogP contribution in [0, 0.1) is 6.92 Å². The molecule has 0 aliphatic carbocycles. The number of carbonyl (C=O) groups is 1. The molecular formula is C22H29N3O4. The number of hydrogen-bond acceptors (Lipinski definition) is 5. The van der Waals surface area contributed by atoms with Crippen LogP contribution in [0.15, 0.2) is 18.3 Å². The van der Waals surface area contributed by atoms with Crippen molar-refractivity contribution in [3.8, 4) is 11.5 Å². The minimum atomic E-state index is -0.353. The van der Waals surface area contributed by atoms with Crippen LogP contribution < -0.4 is 9.47 Å². The number of amides is 1. The molecule has 29 heavy (non-hydrogen) atoms. The molecular weight excluding hydrogens is 370 g/mol. The fourth-order valence-corrected chi connectivity index (χ4v) is 4.61. The molecule has 156 valence electrons. The van der Waals surface area contributed by atoms with E-state index in [9.17, 15) is 4.79 Å². The highest BCUT2D eigenvalue weighted by Gasteiger charge is 2.42. The Morgan fingerprint density at radius 3 is 2.52 bits per heavy atom. The van der Waals surface area contributed by atoms with Crippen LogP contribution in [0.4, 0.5) is 0 Å². The lowest BCUT2D eigenvalue weighted by molar-refractivity contribution is -0.140. The Kier molecular flexibility index (Phi) is 5.25. The van der Waals surface area contributed by atoms with Gasteiger partial charge in [0.15, 0.2) is 11.5 Å². The van der Waals surface area contributed by atoms with E-state index < -0.39 is 0 Å². The van der Waals surface area contributed by atoms with E-state index in [0.29, 0.717) is 26.1 Å². The summed E-state index contributed by atoms with van der Waals surface area (Å²) in [5.41, 5.74) is 3.98. The van der Waals surface area contributed by atoms with E-state index >= 15 is 0 Å². The van der Waals surface area contributed by atoms with Gasteiger partial charge in [0.1, 0.15) is 0 Å². The molecule has 0 bridgehead atoms. The first kappa shape index (κ1) is 19.8. The standard InChI is InChI=1S/C22H29N3O4/c1-15-17(14-24(2)23-15)12-21(26)25-8-6-22(7-9-25)18-13-20(28-4)19(27-3)11-16(18)5-10-29-22/h11,13-14H,5-10,12H2,1-4H3. The number of methoxy groups -OCH3 is 2. The summed E-state index contributed by atoms with van der Waals surface area (Å²) < 4.78 is 19.1. The fourth-order valence-electron chi connectivity index (χ4n) is 4.61. The second kappa shape index (κ2) is 7.71. The first-order chi connectivity index (χ1) is 14.0. The third-order valence-corrected chi connectivity index (χ3v) is 6.23. The lowest BCUT2D eigenvalue weighted by atomic mass is 9.79. The van der Waals surface area contributed by atoms with Crippen LogP contribution in [0.2, 0.25) is 0 Å². The second-order valence-electron chi connectivity index (χ2n) is 7.93. The highest BCUT2D eigenvalue weighted by atomic mass is 16.5. The average molecular weight is 399 g/mol. The molecule has 4 rings (SSSR count). The third-order valence-electron chi connectivity index (χ3n) is 6.23. The molecule has 0 saturated carbocycles. The van der Waals surface area contributed by atoms with Gasteiger partial charge >= 0.3 is 0 Å². The van der Waals surface area contributed by atoms with Crippen molar-refractivity contribution in [2.24, 2.45) is 7.05 Å². The van der Waals surface area contributed by atoms with Crippen LogP contribution >= 0.6 is 0 Å². The molecule has 2 aromatic rings. The summed E-state index contributed by atoms with van der Waals surface area (Å²) in [6, 6.07) is 4.13. The molecule has 2 aliphatic rings. The van der Waals surface area contributed by atoms with Gasteiger partial charge in [-0.05, 0) is 49.4 Å². The number of piperidine rings is 1. The Morgan fingerprint density at radius 2 is 1.90 bits per heavy atom. The number of hydrogen-bond donors (Lipinski definition) is 0. The number of fused-ring (bicyclic) bond motifs is 2. The first-order valence-corrected chi connectivity index (χ1v) is 10.1. The Balaban J connectivity index is 1.51. The number of carbonyl (C=O) groups excluding carboxylic acids is 1. The number of nitrogens with zero attached hydrogens (tertiary/aromatic N) is 3. The van der Waals surface area contributed by atoms with Crippen molar-refractivity contribution in [3.05, 3.63) is 40.7 Å². The lowest BCUT2D eigenvalue weighted by Crippen LogP contribution is -2.48. The van der Waals surface area contributed by atoms with Crippen molar-refractivity contribution in [2.75, 3.05) is 33.9 Å². The van der Waals surface area contributed by atoms with Crippen LogP contribution in [0.25, 0.3) is 0 Å². The zero-order valence-electron chi connectivity index (χ0n) is 17.7. The van der Waals surface area contributed by atoms with E-state index in [1.807, 2.05) is 25.1 Å². The number of benzene rings is 1. The van der Waals surface area contributed by atoms with Gasteiger partial charge in [-0.2, -0.15) is 5.10 Å². The normalized spacial score (nSPS) is 17.9. The molecule has 0 unspecified atom stereocenters. The van der Waals surface area contributed by atoms with Crippen LogP contribution in [0.5, 0.6) is 11.5 Å². The molecule has 0 N–H and O–H groups in total. The second-order valence-corrected chi connectivity index (χ2v) is 7.93. The minimum Gasteiger partial charge on any atom is -0.493 e. The van der Waals surface area contributed by atoms with Gasteiger partial charge in [0.05, 0.1) is 38.5 Å². The number of aromatic nitrogens is 2. The van der Waals surface area contributed by atoms with Gasteiger partial charge in [-0.25, -0.2) is 0 Å². The van der Waals surface area contributed by atoms with Gasteiger partial charge in [-0.1, -0.05) is 0 Å². The number of rotatable bonds is 4. The molecule has 7 nitrogen and oxygen atoms in total. The van der Waals surface area contributed by atoms with Gasteiger partial charge in [0, 0.05) is 31.9 Å². The summed E-state index contributed by atoms with van der Waals surface area (Å²) in [5.74, 6) is 1.63. The maximum Gasteiger partial charge on any atom is 0.227 e. The smallest absolute Gasteiger partial charge is 0.227 e. The summed E-state index contributed by atoms with van der Waals surface area (Å²) in [6.07, 6.45) is 4.76. The Bertz CT molecular complexity index is 913. The predicted molar refractivity (Wildman–Crippen MR) is 108 cm³/mol. The van der Waals surface area contributed by atoms with Gasteiger partial charge < -0.3 is 19.1 Å². The predicted octanol–water partition coefficient (Wildman–Crippen LogP) is 2.38. The first-order valence-electron chi connectivity index (χ1n) is 10.1. The van der Waals surface area contributed by atoms with Crippen LogP contribution in [0.3, 0.4) is 0 Å². The summed E-state index contributed by atoms with van der Waals surface area (Å²) >= 11 is 0. The fraction of sp³-hybridized carbons (Fsp3) is 0.545. The Morgan fingerprint density at radius 1 is 1.21 bits per heavy atom. The van der Waals surface area contributed by atoms with Gasteiger partial charge in [-0.3, -0.25) is 9.48 Å². The summed E-state index contributed by atoms with van der Waals surface area (Å²) in [5, 5.41) is 4.34. The van der Waals surface area contributed by atoms with Crippen molar-refractivity contribution in [2.45, 2.75) is 38.2 Å². The highest BCUT2D eigenvalue weighted by Crippen LogP contribution is 2.45. The molecule has 1 amide bonds. The summed E-state index contributed by atoms with van der Waals surface area (Å²) in [4.78, 5) is 14.8. The van der Waals surface area contributed by atoms with Crippen LogP contribution in [0.1, 0.15) is 35.2 Å². The van der Waals surface area contributed by atoms with E-state index in [2.05, 4.69) is 17.2 Å². The maximum absolute atomic E-state index is 12.8. The van der Waals surface area contributed by atoms with E-state index in [1.165, 1.54) is 11.1 Å². The maximum atomic E-state index is 12.8. The zero-order valence-corrected chi connectivity index (χ0v) is 17.7. The molecule has 3 heterocycles. The quantitative estimate of drug-likeness (QED) is 0.790. The number of likely N-dealkylation sites (tertiary alicyclic amines) is 1. The van der Waals surface area contributed by atoms with Crippen molar-refractivity contribution in [3.63, 3.8) is 0 Å². The van der Waals surface area contributed by atoms with Crippen molar-refractivity contribution >= 4 is 5.91 Å². The van der Waals surface area contributed by atoms with Gasteiger partial charge in [-0.15, -0.1) is 0 Å². The SMILES string of the molecule is COc1cc2c(cc1OC)C1(CCN(C(=O)Cc3cn(C)nc3C)CC1)OCC2. The van der Waals surface area contributed by atoms with E-state index in [-0.39, 0.29) is 11.5 Å². The molecule has 0 atom stereocenters. The molecule has 1 aromatic carbocycles. The Labute approximate surface area is 171 Å². The summed E-state index contributed by atoms with van der Waals surface area (Å²) in [7, 11) is 5.20. The van der Waals surface area contributed by atoms with Gasteiger partial charge in [0.2, 0.25) is 5.91 Å². The largest absolute Gasteiger partial charge is 0.493 e. The number of aryl methyl sites for hydroxylation is 2. The highest BCUT2D eigenvalue weighted by molar-refractivity contribution is 5.79.